The van der Waals surface area contributed by atoms with Gasteiger partial charge in [-0.2, -0.15) is 0 Å². The monoisotopic (exact) mass is 213 g/mol. The highest BCUT2D eigenvalue weighted by Crippen LogP contribution is 2.13. The van der Waals surface area contributed by atoms with Crippen molar-refractivity contribution in [1.82, 2.24) is 20.2 Å². The van der Waals surface area contributed by atoms with Gasteiger partial charge in [-0.15, -0.1) is 9.90 Å². The second-order valence-electron chi connectivity index (χ2n) is 4.18. The van der Waals surface area contributed by atoms with Gasteiger partial charge < -0.3 is 10.5 Å². The number of aromatic nitrogens is 4. The Bertz CT molecular complexity index is 354. The first-order chi connectivity index (χ1) is 6.79. The van der Waals surface area contributed by atoms with Gasteiger partial charge in [0.25, 0.3) is 5.95 Å². The number of nitrogen functional groups attached to an aromatic ring is 1. The van der Waals surface area contributed by atoms with Gasteiger partial charge in [0, 0.05) is 0 Å². The van der Waals surface area contributed by atoms with Crippen molar-refractivity contribution in [3.63, 3.8) is 0 Å². The lowest BCUT2D eigenvalue weighted by Crippen LogP contribution is -2.30. The molecule has 7 nitrogen and oxygen atoms in total. The summed E-state index contributed by atoms with van der Waals surface area (Å²) in [4.78, 5) is 12.7. The molecule has 0 amide bonds. The normalized spacial score (nSPS) is 13.6. The quantitative estimate of drug-likeness (QED) is 0.703. The molecule has 7 heteroatoms. The molecule has 1 rings (SSSR count). The van der Waals surface area contributed by atoms with Crippen molar-refractivity contribution in [2.75, 3.05) is 5.73 Å². The van der Waals surface area contributed by atoms with Crippen molar-refractivity contribution in [2.24, 2.45) is 0 Å². The second-order valence-corrected chi connectivity index (χ2v) is 4.18. The van der Waals surface area contributed by atoms with Crippen LogP contribution in [0, 0.1) is 0 Å². The van der Waals surface area contributed by atoms with Gasteiger partial charge in [-0.1, -0.05) is 5.10 Å². The molecule has 0 aliphatic carbocycles. The molecule has 0 saturated carbocycles. The average Bonchev–Trinajstić information content (AvgIpc) is 2.47. The summed E-state index contributed by atoms with van der Waals surface area (Å²) in [5, 5.41) is 10.8. The standard InChI is InChI=1S/C8H15N5O2/c1-5(6(14)15-8(2,3)4)13-11-7(9)10-12-13/h5H,1-4H3,(H2,9,11). The predicted molar refractivity (Wildman–Crippen MR) is 52.8 cm³/mol. The molecule has 2 N–H and O–H groups in total. The van der Waals surface area contributed by atoms with Crippen LogP contribution in [0.15, 0.2) is 0 Å². The van der Waals surface area contributed by atoms with Gasteiger partial charge in [-0.05, 0) is 32.9 Å². The first kappa shape index (κ1) is 11.4. The van der Waals surface area contributed by atoms with E-state index in [-0.39, 0.29) is 5.95 Å². The van der Waals surface area contributed by atoms with Crippen LogP contribution in [0.3, 0.4) is 0 Å². The fourth-order valence-corrected chi connectivity index (χ4v) is 0.882. The molecule has 84 valence electrons. The molecule has 1 aromatic heterocycles. The number of carbonyl (C=O) groups is 1. The SMILES string of the molecule is CC(C(=O)OC(C)(C)C)n1nnc(N)n1. The highest BCUT2D eigenvalue weighted by Gasteiger charge is 2.24. The average molecular weight is 213 g/mol. The molecular weight excluding hydrogens is 198 g/mol. The Hall–Kier alpha value is -1.66. The smallest absolute Gasteiger partial charge is 0.333 e. The van der Waals surface area contributed by atoms with Crippen molar-refractivity contribution < 1.29 is 9.53 Å². The van der Waals surface area contributed by atoms with Crippen molar-refractivity contribution in [2.45, 2.75) is 39.3 Å². The minimum absolute atomic E-state index is 0.0328. The summed E-state index contributed by atoms with van der Waals surface area (Å²) in [5.41, 5.74) is 4.76. The third-order valence-electron chi connectivity index (χ3n) is 1.54. The van der Waals surface area contributed by atoms with Gasteiger partial charge in [0.1, 0.15) is 5.60 Å². The Morgan fingerprint density at radius 1 is 1.53 bits per heavy atom. The Kier molecular flexibility index (Phi) is 2.92. The maximum absolute atomic E-state index is 11.6. The van der Waals surface area contributed by atoms with Crippen LogP contribution in [0.25, 0.3) is 0 Å². The zero-order valence-corrected chi connectivity index (χ0v) is 9.26. The second kappa shape index (κ2) is 3.84. The number of hydrogen-bond donors (Lipinski definition) is 1. The summed E-state index contributed by atoms with van der Waals surface area (Å²) < 4.78 is 5.15. The summed E-state index contributed by atoms with van der Waals surface area (Å²) in [6.07, 6.45) is 0. The van der Waals surface area contributed by atoms with Crippen LogP contribution >= 0.6 is 0 Å². The number of carbonyl (C=O) groups excluding carboxylic acids is 1. The van der Waals surface area contributed by atoms with E-state index < -0.39 is 17.6 Å². The molecule has 0 bridgehead atoms. The minimum Gasteiger partial charge on any atom is -0.458 e. The number of hydrogen-bond acceptors (Lipinski definition) is 6. The van der Waals surface area contributed by atoms with Crippen molar-refractivity contribution >= 4 is 11.9 Å². The van der Waals surface area contributed by atoms with Crippen LogP contribution in [0.5, 0.6) is 0 Å². The largest absolute Gasteiger partial charge is 0.458 e. The Morgan fingerprint density at radius 2 is 2.13 bits per heavy atom. The highest BCUT2D eigenvalue weighted by atomic mass is 16.6. The number of tetrazole rings is 1. The van der Waals surface area contributed by atoms with E-state index in [0.29, 0.717) is 0 Å². The molecule has 0 saturated heterocycles. The first-order valence-electron chi connectivity index (χ1n) is 4.57. The number of nitrogens with two attached hydrogens (primary N) is 1. The van der Waals surface area contributed by atoms with E-state index in [2.05, 4.69) is 15.4 Å². The highest BCUT2D eigenvalue weighted by molar-refractivity contribution is 5.73. The molecular formula is C8H15N5O2. The van der Waals surface area contributed by atoms with Crippen LogP contribution in [0.1, 0.15) is 33.7 Å². The van der Waals surface area contributed by atoms with Gasteiger partial charge in [0.15, 0.2) is 6.04 Å². The molecule has 0 aliphatic heterocycles. The summed E-state index contributed by atoms with van der Waals surface area (Å²) in [6, 6.07) is -0.631. The van der Waals surface area contributed by atoms with Gasteiger partial charge in [-0.25, -0.2) is 4.79 Å². The zero-order valence-electron chi connectivity index (χ0n) is 9.26. The molecule has 1 heterocycles. The Labute approximate surface area is 87.6 Å². The molecule has 1 atom stereocenters. The van der Waals surface area contributed by atoms with E-state index in [4.69, 9.17) is 10.5 Å². The van der Waals surface area contributed by atoms with Gasteiger partial charge in [-0.3, -0.25) is 0 Å². The molecule has 15 heavy (non-hydrogen) atoms. The van der Waals surface area contributed by atoms with E-state index in [1.54, 1.807) is 27.7 Å². The maximum atomic E-state index is 11.6. The number of ether oxygens (including phenoxy) is 1. The van der Waals surface area contributed by atoms with E-state index >= 15 is 0 Å². The third-order valence-corrected chi connectivity index (χ3v) is 1.54. The zero-order chi connectivity index (χ0) is 11.6. The number of esters is 1. The summed E-state index contributed by atoms with van der Waals surface area (Å²) in [7, 11) is 0. The first-order valence-corrected chi connectivity index (χ1v) is 4.57. The minimum atomic E-state index is -0.631. The van der Waals surface area contributed by atoms with Crippen molar-refractivity contribution in [3.8, 4) is 0 Å². The molecule has 0 aliphatic rings. The fourth-order valence-electron chi connectivity index (χ4n) is 0.882. The Balaban J connectivity index is 2.69. The van der Waals surface area contributed by atoms with Crippen LogP contribution in [0.4, 0.5) is 5.95 Å². The van der Waals surface area contributed by atoms with Crippen LogP contribution in [-0.4, -0.2) is 31.8 Å². The molecule has 0 fully saturated rings. The molecule has 0 spiro atoms. The van der Waals surface area contributed by atoms with Crippen LogP contribution in [-0.2, 0) is 9.53 Å². The van der Waals surface area contributed by atoms with Crippen molar-refractivity contribution in [3.05, 3.63) is 0 Å². The number of anilines is 1. The topological polar surface area (TPSA) is 95.9 Å². The van der Waals surface area contributed by atoms with Gasteiger partial charge >= 0.3 is 5.97 Å². The fraction of sp³-hybridized carbons (Fsp3) is 0.750. The van der Waals surface area contributed by atoms with Gasteiger partial charge in [0.2, 0.25) is 0 Å². The lowest BCUT2D eigenvalue weighted by molar-refractivity contribution is -0.159. The van der Waals surface area contributed by atoms with Crippen LogP contribution in [0.2, 0.25) is 0 Å². The van der Waals surface area contributed by atoms with Crippen molar-refractivity contribution in [1.29, 1.82) is 0 Å². The number of rotatable bonds is 2. The summed E-state index contributed by atoms with van der Waals surface area (Å²) in [6.45, 7) is 7.00. The van der Waals surface area contributed by atoms with Gasteiger partial charge in [0.05, 0.1) is 0 Å². The van der Waals surface area contributed by atoms with E-state index in [1.165, 1.54) is 0 Å². The predicted octanol–water partition coefficient (Wildman–Crippen LogP) is 0.158. The number of nitrogens with zero attached hydrogens (tertiary/aromatic N) is 4. The lowest BCUT2D eigenvalue weighted by atomic mass is 10.2. The van der Waals surface area contributed by atoms with E-state index in [1.807, 2.05) is 0 Å². The lowest BCUT2D eigenvalue weighted by Gasteiger charge is -2.21. The van der Waals surface area contributed by atoms with E-state index in [9.17, 15) is 4.79 Å². The maximum Gasteiger partial charge on any atom is 0.333 e. The summed E-state index contributed by atoms with van der Waals surface area (Å²) >= 11 is 0. The third kappa shape index (κ3) is 3.19. The Morgan fingerprint density at radius 3 is 2.53 bits per heavy atom. The van der Waals surface area contributed by atoms with Crippen LogP contribution < -0.4 is 5.73 Å². The molecule has 0 radical (unpaired) electrons. The molecule has 0 aromatic carbocycles. The van der Waals surface area contributed by atoms with E-state index in [0.717, 1.165) is 4.80 Å². The molecule has 1 aromatic rings. The molecule has 1 unspecified atom stereocenters. The summed E-state index contributed by atoms with van der Waals surface area (Å²) in [5.74, 6) is -0.384.